The van der Waals surface area contributed by atoms with Gasteiger partial charge in [-0.25, -0.2) is 29.9 Å². The summed E-state index contributed by atoms with van der Waals surface area (Å²) in [5.74, 6) is 3.12. The first-order chi connectivity index (χ1) is 67.4. The lowest BCUT2D eigenvalue weighted by Crippen LogP contribution is -2.01. The molecule has 0 aliphatic carbocycles. The van der Waals surface area contributed by atoms with Crippen molar-refractivity contribution in [2.75, 3.05) is 0 Å². The second-order valence-electron chi connectivity index (χ2n) is 33.2. The van der Waals surface area contributed by atoms with Gasteiger partial charge in [-0.2, -0.15) is 0 Å². The Hall–Kier alpha value is -18.9. The third-order valence-corrected chi connectivity index (χ3v) is 25.6. The van der Waals surface area contributed by atoms with E-state index in [4.69, 9.17) is 19.9 Å². The van der Waals surface area contributed by atoms with Crippen molar-refractivity contribution in [3.63, 3.8) is 0 Å². The number of aromatic nitrogens is 17. The van der Waals surface area contributed by atoms with E-state index in [1.807, 2.05) is 122 Å². The number of allylic oxidation sites excluding steroid dienone is 4. The van der Waals surface area contributed by atoms with Gasteiger partial charge in [0.1, 0.15) is 11.6 Å². The minimum Gasteiger partial charge on any atom is -0.317 e. The fraction of sp³-hybridized carbons (Fsp3) is 0. The summed E-state index contributed by atoms with van der Waals surface area (Å²) in [4.78, 5) is 41.3. The van der Waals surface area contributed by atoms with Gasteiger partial charge in [0, 0.05) is 202 Å². The smallest absolute Gasteiger partial charge is 0.234 e. The molecule has 0 amide bonds. The molecule has 0 N–H and O–H groups in total. The van der Waals surface area contributed by atoms with E-state index in [0.29, 0.717) is 11.8 Å². The van der Waals surface area contributed by atoms with Crippen LogP contribution in [-0.4, -0.2) is 81.4 Å². The van der Waals surface area contributed by atoms with Crippen molar-refractivity contribution in [3.05, 3.63) is 482 Å². The molecule has 17 heteroatoms. The molecule has 0 aliphatic rings. The Morgan fingerprint density at radius 3 is 1.03 bits per heavy atom. The lowest BCUT2D eigenvalue weighted by molar-refractivity contribution is 0.992. The summed E-state index contributed by atoms with van der Waals surface area (Å²) in [5.41, 5.74) is 26.4. The zero-order chi connectivity index (χ0) is 90.5. The normalized spacial score (nSPS) is 11.6. The molecule has 12 aromatic carbocycles. The van der Waals surface area contributed by atoms with Gasteiger partial charge in [0.25, 0.3) is 0 Å². The van der Waals surface area contributed by atoms with Gasteiger partial charge in [-0.15, -0.1) is 0 Å². The number of para-hydroxylation sites is 7. The average Bonchev–Trinajstić information content (AvgIpc) is 1.57. The molecule has 0 saturated carbocycles. The highest BCUT2D eigenvalue weighted by Gasteiger charge is 2.24. The van der Waals surface area contributed by atoms with Crippen molar-refractivity contribution in [1.29, 1.82) is 0 Å². The first kappa shape index (κ1) is 80.4. The number of pyridine rings is 5. The average molecular weight is 1750 g/mol. The van der Waals surface area contributed by atoms with Gasteiger partial charge in [-0.1, -0.05) is 207 Å². The minimum absolute atomic E-state index is 0.665. The molecule has 27 rings (SSSR count). The van der Waals surface area contributed by atoms with Gasteiger partial charge in [-0.3, -0.25) is 28.7 Å². The second-order valence-corrected chi connectivity index (χ2v) is 33.2. The van der Waals surface area contributed by atoms with Crippen LogP contribution in [0.1, 0.15) is 0 Å². The van der Waals surface area contributed by atoms with Crippen LogP contribution < -0.4 is 0 Å². The van der Waals surface area contributed by atoms with E-state index < -0.39 is 0 Å². The molecule has 0 bridgehead atoms. The molecule has 642 valence electrons. The van der Waals surface area contributed by atoms with E-state index in [0.717, 1.165) is 140 Å². The van der Waals surface area contributed by atoms with Gasteiger partial charge >= 0.3 is 0 Å². The van der Waals surface area contributed by atoms with Gasteiger partial charge in [0.2, 0.25) is 5.95 Å². The largest absolute Gasteiger partial charge is 0.317 e. The molecule has 15 heterocycles. The van der Waals surface area contributed by atoms with Crippen molar-refractivity contribution in [2.24, 2.45) is 0 Å². The highest BCUT2D eigenvalue weighted by molar-refractivity contribution is 6.22. The molecule has 0 aliphatic heterocycles. The zero-order valence-electron chi connectivity index (χ0n) is 73.5. The molecule has 0 unspecified atom stereocenters. The van der Waals surface area contributed by atoms with Crippen molar-refractivity contribution in [1.82, 2.24) is 81.4 Å². The first-order valence-electron chi connectivity index (χ1n) is 45.0. The quantitative estimate of drug-likeness (QED) is 0.0967. The van der Waals surface area contributed by atoms with Crippen molar-refractivity contribution in [2.45, 2.75) is 0 Å². The van der Waals surface area contributed by atoms with Crippen LogP contribution in [0.25, 0.3) is 222 Å². The molecule has 0 spiro atoms. The lowest BCUT2D eigenvalue weighted by Gasteiger charge is -2.10. The third-order valence-electron chi connectivity index (χ3n) is 25.6. The standard InChI is InChI=1S/2C30H20N4.C30H22N4.C29H19N5/c1-3-9-21(10-4-1)22-19-31-30(32-20-22)34-28-14-8-7-13-24(28)25-15-16-27-26(29(25)34)17-18-33(27)23-11-5-2-6-12-23;1-2-8-23(9-3-1)33-18-16-26-27(33)14-13-25-24-10-4-5-11-28(24)34(30(25)26)29-15-12-22(20-32-29)21-7-6-17-31-19-21;1-3-7-23(4-2)33-19-16-26-27(33)12-11-25-24-8-5-6-9-28(24)34(30(25)26)29-13-10-22(20-32-29)21-14-17-31-18-15-21;1-2-8-21(9-3-1)33-16-14-25-26(33)13-12-24-23-10-4-5-11-27(23)34(28(24)25)22-18-31-29(32-19-22)20-7-6-15-30-17-20/h2*1-20H;3-20H,1-2H2;1-19H/b;;23-7+;. The predicted molar refractivity (Wildman–Crippen MR) is 556 cm³/mol. The molecule has 0 fully saturated rings. The Kier molecular flexibility index (Phi) is 20.4. The summed E-state index contributed by atoms with van der Waals surface area (Å²) in [6, 6.07) is 122. The van der Waals surface area contributed by atoms with Crippen molar-refractivity contribution < 1.29 is 0 Å². The predicted octanol–water partition coefficient (Wildman–Crippen LogP) is 28.4. The summed E-state index contributed by atoms with van der Waals surface area (Å²) in [7, 11) is 0. The Balaban J connectivity index is 0.0000000991. The van der Waals surface area contributed by atoms with Crippen LogP contribution in [0.3, 0.4) is 0 Å². The van der Waals surface area contributed by atoms with E-state index >= 15 is 0 Å². The number of benzene rings is 12. The van der Waals surface area contributed by atoms with Gasteiger partial charge in [0.05, 0.1) is 84.3 Å². The Morgan fingerprint density at radius 1 is 0.221 bits per heavy atom. The Labute approximate surface area is 780 Å². The van der Waals surface area contributed by atoms with Crippen LogP contribution in [-0.2, 0) is 0 Å². The number of hydrogen-bond acceptors (Lipinski definition) is 9. The number of nitrogens with zero attached hydrogens (tertiary/aromatic N) is 17. The number of hydrogen-bond donors (Lipinski definition) is 0. The maximum absolute atomic E-state index is 4.90. The van der Waals surface area contributed by atoms with E-state index in [-0.39, 0.29) is 0 Å². The van der Waals surface area contributed by atoms with E-state index in [9.17, 15) is 0 Å². The lowest BCUT2D eigenvalue weighted by atomic mass is 10.1. The van der Waals surface area contributed by atoms with Crippen LogP contribution in [0, 0.1) is 0 Å². The van der Waals surface area contributed by atoms with Crippen molar-refractivity contribution in [3.8, 4) is 85.1 Å². The molecule has 136 heavy (non-hydrogen) atoms. The third kappa shape index (κ3) is 14.1. The highest BCUT2D eigenvalue weighted by Crippen LogP contribution is 2.44. The summed E-state index contributed by atoms with van der Waals surface area (Å²) in [5, 5.41) is 14.4. The monoisotopic (exact) mass is 1750 g/mol. The molecule has 0 saturated heterocycles. The fourth-order valence-electron chi connectivity index (χ4n) is 19.4. The Bertz CT molecular complexity index is 8550. The van der Waals surface area contributed by atoms with E-state index in [2.05, 4.69) is 385 Å². The molecule has 17 nitrogen and oxygen atoms in total. The van der Waals surface area contributed by atoms with E-state index in [1.54, 1.807) is 37.1 Å². The maximum atomic E-state index is 4.90. The molecular formula is C119H81N17. The van der Waals surface area contributed by atoms with Crippen LogP contribution in [0.4, 0.5) is 0 Å². The molecule has 0 radical (unpaired) electrons. The topological polar surface area (TPSA) is 155 Å². The molecular weight excluding hydrogens is 1670 g/mol. The van der Waals surface area contributed by atoms with Crippen LogP contribution in [0.5, 0.6) is 0 Å². The minimum atomic E-state index is 0.665. The summed E-state index contributed by atoms with van der Waals surface area (Å²) < 4.78 is 17.9. The van der Waals surface area contributed by atoms with Gasteiger partial charge < -0.3 is 22.8 Å². The van der Waals surface area contributed by atoms with Crippen molar-refractivity contribution >= 4 is 137 Å². The Morgan fingerprint density at radius 2 is 0.588 bits per heavy atom. The van der Waals surface area contributed by atoms with Crippen LogP contribution >= 0.6 is 0 Å². The van der Waals surface area contributed by atoms with Crippen LogP contribution in [0.2, 0.25) is 0 Å². The van der Waals surface area contributed by atoms with Crippen LogP contribution in [0.15, 0.2) is 482 Å². The molecule has 15 aromatic heterocycles. The summed E-state index contributed by atoms with van der Waals surface area (Å²) >= 11 is 0. The van der Waals surface area contributed by atoms with Gasteiger partial charge in [0.15, 0.2) is 5.82 Å². The summed E-state index contributed by atoms with van der Waals surface area (Å²) in [6.07, 6.45) is 36.4. The van der Waals surface area contributed by atoms with Gasteiger partial charge in [-0.05, 0) is 187 Å². The fourth-order valence-corrected chi connectivity index (χ4v) is 19.4. The first-order valence-corrected chi connectivity index (χ1v) is 45.0. The molecule has 0 atom stereocenters. The number of fused-ring (bicyclic) bond motifs is 20. The molecule has 27 aromatic rings. The number of rotatable bonds is 14. The summed E-state index contributed by atoms with van der Waals surface area (Å²) in [6.45, 7) is 7.83. The second kappa shape index (κ2) is 34.5. The maximum Gasteiger partial charge on any atom is 0.234 e. The highest BCUT2D eigenvalue weighted by atomic mass is 15.2. The zero-order valence-corrected chi connectivity index (χ0v) is 73.5. The SMILES string of the molecule is C=C/C=C(\C=C)n1ccc2c1ccc1c3ccccc3n(-c3ccc(-c4ccncc4)cn3)c12.c1ccc(-c2cnc(-n3c4ccccc4c4ccc5c(ccn5-c5ccccc5)c43)nc2)cc1.c1ccc(-n2ccc3c2ccc2c4ccccc4n(-c4ccc(-c5cccnc5)cn4)c23)cc1.c1ccc(-n2ccc3c2ccc2c4ccccc4n(-c4cnc(-c5cccnc5)nc4)c23)cc1. The van der Waals surface area contributed by atoms with E-state index in [1.165, 1.54) is 70.3 Å².